The van der Waals surface area contributed by atoms with E-state index in [-0.39, 0.29) is 31.9 Å². The molecule has 0 radical (unpaired) electrons. The van der Waals surface area contributed by atoms with E-state index in [1.165, 1.54) is 0 Å². The summed E-state index contributed by atoms with van der Waals surface area (Å²) in [5.74, 6) is -2.16. The summed E-state index contributed by atoms with van der Waals surface area (Å²) < 4.78 is 5.61. The summed E-state index contributed by atoms with van der Waals surface area (Å²) >= 11 is 0. The number of nitrogens with one attached hydrogen (secondary N) is 2. The number of nitrogens with zero attached hydrogens (tertiary/aromatic N) is 3. The summed E-state index contributed by atoms with van der Waals surface area (Å²) in [4.78, 5) is 55.6. The van der Waals surface area contributed by atoms with Gasteiger partial charge in [-0.3, -0.25) is 19.9 Å². The van der Waals surface area contributed by atoms with Gasteiger partial charge >= 0.3 is 6.09 Å². The van der Waals surface area contributed by atoms with Gasteiger partial charge in [-0.2, -0.15) is 4.90 Å². The number of aromatic amines is 1. The lowest BCUT2D eigenvalue weighted by atomic mass is 9.88. The van der Waals surface area contributed by atoms with Crippen LogP contribution in [0.5, 0.6) is 0 Å². The fourth-order valence-corrected chi connectivity index (χ4v) is 6.02. The number of ether oxygens (including phenoxy) is 1. The van der Waals surface area contributed by atoms with Crippen LogP contribution in [0.1, 0.15) is 49.2 Å². The molecule has 11 heteroatoms. The number of carbonyl (C=O) groups is 3. The van der Waals surface area contributed by atoms with Gasteiger partial charge in [-0.15, -0.1) is 0 Å². The van der Waals surface area contributed by atoms with E-state index in [1.54, 1.807) is 24.5 Å². The summed E-state index contributed by atoms with van der Waals surface area (Å²) in [5, 5.41) is 14.6. The minimum Gasteiger partial charge on any atom is -0.444 e. The van der Waals surface area contributed by atoms with E-state index < -0.39 is 42.0 Å². The molecule has 266 valence electrons. The largest absolute Gasteiger partial charge is 0.444 e. The fourth-order valence-electron chi connectivity index (χ4n) is 6.02. The highest BCUT2D eigenvalue weighted by Crippen LogP contribution is 2.23. The summed E-state index contributed by atoms with van der Waals surface area (Å²) in [6.07, 6.45) is 1.97. The molecule has 0 bridgehead atoms. The minimum atomic E-state index is -1.11. The summed E-state index contributed by atoms with van der Waals surface area (Å²) in [5.41, 5.74) is 10.5. The van der Waals surface area contributed by atoms with Crippen molar-refractivity contribution in [3.05, 3.63) is 132 Å². The van der Waals surface area contributed by atoms with E-state index in [4.69, 9.17) is 10.5 Å². The Bertz CT molecular complexity index is 1820. The Morgan fingerprint density at radius 2 is 1.49 bits per heavy atom. The third kappa shape index (κ3) is 10.2. The van der Waals surface area contributed by atoms with Crippen molar-refractivity contribution in [2.24, 2.45) is 17.6 Å². The Morgan fingerprint density at radius 3 is 2.14 bits per heavy atom. The Balaban J connectivity index is 1.44. The quantitative estimate of drug-likeness (QED) is 0.107. The minimum absolute atomic E-state index is 0.0798. The number of amides is 3. The number of nitrogens with two attached hydrogens (primary N) is 1. The monoisotopic (exact) mass is 690 g/mol. The number of fused-ring (bicyclic) bond motifs is 1. The van der Waals surface area contributed by atoms with Gasteiger partial charge in [0.2, 0.25) is 5.91 Å². The molecule has 3 aromatic carbocycles. The molecular weight excluding hydrogens is 644 g/mol. The van der Waals surface area contributed by atoms with E-state index >= 15 is 0 Å². The summed E-state index contributed by atoms with van der Waals surface area (Å²) in [6, 6.07) is 28.1. The average Bonchev–Trinajstić information content (AvgIpc) is 3.58. The number of imide groups is 3. The molecule has 2 heterocycles. The maximum absolute atomic E-state index is 14.7. The number of H-pyrrole nitrogens is 1. The Labute approximate surface area is 298 Å². The van der Waals surface area contributed by atoms with Gasteiger partial charge in [-0.1, -0.05) is 93.1 Å². The van der Waals surface area contributed by atoms with Gasteiger partial charge in [-0.05, 0) is 66.1 Å². The third-order valence-corrected chi connectivity index (χ3v) is 9.15. The topological polar surface area (TPSA) is 164 Å². The first-order chi connectivity index (χ1) is 24.7. The zero-order chi connectivity index (χ0) is 36.2. The second kappa shape index (κ2) is 18.1. The van der Waals surface area contributed by atoms with Crippen LogP contribution in [0, 0.1) is 11.8 Å². The number of rotatable bonds is 16. The van der Waals surface area contributed by atoms with Gasteiger partial charge < -0.3 is 20.6 Å². The van der Waals surface area contributed by atoms with Crippen molar-refractivity contribution in [3.63, 3.8) is 0 Å². The van der Waals surface area contributed by atoms with Gasteiger partial charge in [0.05, 0.1) is 29.7 Å². The lowest BCUT2D eigenvalue weighted by Gasteiger charge is -2.31. The second-order valence-corrected chi connectivity index (χ2v) is 12.9. The molecule has 5 rings (SSSR count). The molecule has 51 heavy (non-hydrogen) atoms. The number of aliphatic hydroxyl groups excluding tert-OH is 1. The predicted molar refractivity (Wildman–Crippen MR) is 195 cm³/mol. The Hall–Kier alpha value is -5.23. The zero-order valence-corrected chi connectivity index (χ0v) is 29.0. The van der Waals surface area contributed by atoms with Gasteiger partial charge in [-0.25, -0.2) is 9.78 Å². The molecule has 3 amide bonds. The number of para-hydroxylation sites is 2. The maximum atomic E-state index is 14.7. The molecule has 0 fully saturated rings. The highest BCUT2D eigenvalue weighted by Gasteiger charge is 2.41. The van der Waals surface area contributed by atoms with Crippen LogP contribution in [0.4, 0.5) is 4.79 Å². The van der Waals surface area contributed by atoms with Crippen LogP contribution in [0.3, 0.4) is 0 Å². The highest BCUT2D eigenvalue weighted by molar-refractivity contribution is 6.11. The van der Waals surface area contributed by atoms with Crippen molar-refractivity contribution in [1.82, 2.24) is 25.2 Å². The van der Waals surface area contributed by atoms with Crippen molar-refractivity contribution < 1.29 is 24.2 Å². The Kier molecular flexibility index (Phi) is 13.2. The van der Waals surface area contributed by atoms with Crippen LogP contribution >= 0.6 is 0 Å². The lowest BCUT2D eigenvalue weighted by Crippen LogP contribution is -2.55. The smallest absolute Gasteiger partial charge is 0.423 e. The molecule has 11 nitrogen and oxygen atoms in total. The standard InChI is InChI=1S/C40H46N6O5/c1-3-27(2)37(43-25-36-44-33-16-10-11-17-34(33)45-36)39(49)46(40(50)51-26-30-18-20-42-21-19-30)38(48)31(22-28-12-6-4-7-13-28)24-35(47)32(41)23-29-14-8-5-9-15-29/h4-21,27,31-32,35,37,43,47H,3,22-26,41H2,1-2H3,(H,44,45)/t27-,31+,32-,35-,37-/m0/s1. The summed E-state index contributed by atoms with van der Waals surface area (Å²) in [7, 11) is 0. The van der Waals surface area contributed by atoms with Crippen LogP contribution < -0.4 is 11.1 Å². The van der Waals surface area contributed by atoms with Crippen molar-refractivity contribution in [2.75, 3.05) is 0 Å². The number of hydrogen-bond donors (Lipinski definition) is 4. The Morgan fingerprint density at radius 1 is 0.863 bits per heavy atom. The molecule has 0 spiro atoms. The number of aliphatic hydroxyl groups is 1. The number of carbonyl (C=O) groups excluding carboxylic acids is 3. The SMILES string of the molecule is CC[C@H](C)[C@H](NCc1nc2ccccc2[nH]1)C(=O)N(C(=O)OCc1ccncc1)C(=O)[C@H](Cc1ccccc1)C[C@H](O)[C@@H](N)Cc1ccccc1. The molecule has 0 unspecified atom stereocenters. The molecule has 0 aliphatic heterocycles. The molecular formula is C40H46N6O5. The molecule has 2 aromatic heterocycles. The van der Waals surface area contributed by atoms with Gasteiger partial charge in [0, 0.05) is 24.4 Å². The van der Waals surface area contributed by atoms with E-state index in [2.05, 4.69) is 20.3 Å². The molecule has 0 saturated heterocycles. The van der Waals surface area contributed by atoms with Crippen LogP contribution in [-0.2, 0) is 40.3 Å². The van der Waals surface area contributed by atoms with Crippen molar-refractivity contribution in [3.8, 4) is 0 Å². The second-order valence-electron chi connectivity index (χ2n) is 12.9. The van der Waals surface area contributed by atoms with Crippen molar-refractivity contribution >= 4 is 28.9 Å². The van der Waals surface area contributed by atoms with Crippen LogP contribution in [0.15, 0.2) is 109 Å². The normalized spacial score (nSPS) is 14.3. The van der Waals surface area contributed by atoms with E-state index in [0.29, 0.717) is 29.1 Å². The van der Waals surface area contributed by atoms with Crippen LogP contribution in [-0.4, -0.2) is 61.1 Å². The van der Waals surface area contributed by atoms with Gasteiger partial charge in [0.1, 0.15) is 12.4 Å². The van der Waals surface area contributed by atoms with E-state index in [0.717, 1.165) is 22.2 Å². The van der Waals surface area contributed by atoms with Crippen LogP contribution in [0.25, 0.3) is 11.0 Å². The zero-order valence-electron chi connectivity index (χ0n) is 29.0. The average molecular weight is 691 g/mol. The first kappa shape index (κ1) is 37.0. The van der Waals surface area contributed by atoms with Gasteiger partial charge in [0.25, 0.3) is 5.91 Å². The number of imidazole rings is 1. The number of pyridine rings is 1. The van der Waals surface area contributed by atoms with E-state index in [1.807, 2.05) is 98.8 Å². The van der Waals surface area contributed by atoms with Crippen LogP contribution in [0.2, 0.25) is 0 Å². The number of hydrogen-bond acceptors (Lipinski definition) is 9. The van der Waals surface area contributed by atoms with Crippen molar-refractivity contribution in [1.29, 1.82) is 0 Å². The fraction of sp³-hybridized carbons (Fsp3) is 0.325. The third-order valence-electron chi connectivity index (χ3n) is 9.15. The summed E-state index contributed by atoms with van der Waals surface area (Å²) in [6.45, 7) is 3.83. The molecule has 5 aromatic rings. The predicted octanol–water partition coefficient (Wildman–Crippen LogP) is 5.33. The highest BCUT2D eigenvalue weighted by atomic mass is 16.6. The number of aromatic nitrogens is 3. The molecule has 0 aliphatic carbocycles. The van der Waals surface area contributed by atoms with Gasteiger partial charge in [0.15, 0.2) is 0 Å². The lowest BCUT2D eigenvalue weighted by molar-refractivity contribution is -0.148. The van der Waals surface area contributed by atoms with E-state index in [9.17, 15) is 19.5 Å². The molecule has 0 aliphatic rings. The molecule has 0 saturated carbocycles. The first-order valence-corrected chi connectivity index (χ1v) is 17.4. The molecule has 5 N–H and O–H groups in total. The first-order valence-electron chi connectivity index (χ1n) is 17.4. The number of benzene rings is 3. The van der Waals surface area contributed by atoms with Crippen molar-refractivity contribution in [2.45, 2.75) is 70.9 Å². The molecule has 5 atom stereocenters. The maximum Gasteiger partial charge on any atom is 0.423 e.